The van der Waals surface area contributed by atoms with Gasteiger partial charge in [0.1, 0.15) is 6.04 Å². The Morgan fingerprint density at radius 3 is 2.24 bits per heavy atom. The Bertz CT molecular complexity index is 1230. The molecule has 1 aliphatic heterocycles. The molecule has 3 N–H and O–H groups in total. The highest BCUT2D eigenvalue weighted by Crippen LogP contribution is 2.27. The van der Waals surface area contributed by atoms with Crippen LogP contribution in [0.4, 0.5) is 0 Å². The molecular weight excluding hydrogens is 530 g/mol. The second-order valence-electron chi connectivity index (χ2n) is 12.4. The largest absolute Gasteiger partial charge is 0.347 e. The standard InChI is InChI=1S/C33H47N5O4/c1-22-13-15-26(16-14-22)31(41)35-27-19-28(21-37(24(3)39)18-17-25-11-9-8-10-12-25)38(20-27)32(42)29(33(4,5)6)36-30(40)23(2)34-7/h8-16,23,27-29,34H,17-21H2,1-7H3,(H,35,41)(H,36,40)/t23-,27-,28-,29+/m0/s1. The molecule has 42 heavy (non-hydrogen) atoms. The maximum Gasteiger partial charge on any atom is 0.251 e. The summed E-state index contributed by atoms with van der Waals surface area (Å²) >= 11 is 0. The quantitative estimate of drug-likeness (QED) is 0.381. The first kappa shape index (κ1) is 32.8. The van der Waals surface area contributed by atoms with E-state index in [2.05, 4.69) is 16.0 Å². The van der Waals surface area contributed by atoms with Crippen LogP contribution in [0.3, 0.4) is 0 Å². The van der Waals surface area contributed by atoms with Crippen LogP contribution < -0.4 is 16.0 Å². The number of likely N-dealkylation sites (tertiary alicyclic amines) is 1. The van der Waals surface area contributed by atoms with Gasteiger partial charge >= 0.3 is 0 Å². The van der Waals surface area contributed by atoms with Gasteiger partial charge in [0.2, 0.25) is 17.7 Å². The number of hydrogen-bond acceptors (Lipinski definition) is 5. The minimum Gasteiger partial charge on any atom is -0.347 e. The Kier molecular flexibility index (Phi) is 11.3. The minimum atomic E-state index is -0.787. The summed E-state index contributed by atoms with van der Waals surface area (Å²) < 4.78 is 0. The van der Waals surface area contributed by atoms with Crippen molar-refractivity contribution in [1.82, 2.24) is 25.8 Å². The molecule has 1 heterocycles. The lowest BCUT2D eigenvalue weighted by Gasteiger charge is -2.37. The molecule has 0 bridgehead atoms. The van der Waals surface area contributed by atoms with E-state index in [-0.39, 0.29) is 42.3 Å². The van der Waals surface area contributed by atoms with Gasteiger partial charge in [0, 0.05) is 38.2 Å². The predicted octanol–water partition coefficient (Wildman–Crippen LogP) is 2.92. The van der Waals surface area contributed by atoms with Crippen LogP contribution in [-0.4, -0.2) is 84.3 Å². The fraction of sp³-hybridized carbons (Fsp3) is 0.515. The molecule has 0 unspecified atom stereocenters. The van der Waals surface area contributed by atoms with Crippen LogP contribution in [0.15, 0.2) is 54.6 Å². The molecule has 3 rings (SSSR count). The van der Waals surface area contributed by atoms with Crippen molar-refractivity contribution < 1.29 is 19.2 Å². The molecule has 0 saturated carbocycles. The van der Waals surface area contributed by atoms with E-state index in [1.54, 1.807) is 42.8 Å². The fourth-order valence-corrected chi connectivity index (χ4v) is 5.19. The van der Waals surface area contributed by atoms with Gasteiger partial charge in [-0.25, -0.2) is 0 Å². The third kappa shape index (κ3) is 8.89. The zero-order chi connectivity index (χ0) is 31.0. The zero-order valence-electron chi connectivity index (χ0n) is 26.1. The van der Waals surface area contributed by atoms with E-state index in [0.29, 0.717) is 31.5 Å². The van der Waals surface area contributed by atoms with Gasteiger partial charge < -0.3 is 25.8 Å². The molecule has 2 aromatic rings. The van der Waals surface area contributed by atoms with Crippen LogP contribution in [0, 0.1) is 12.3 Å². The van der Waals surface area contributed by atoms with Gasteiger partial charge in [-0.2, -0.15) is 0 Å². The van der Waals surface area contributed by atoms with E-state index in [1.165, 1.54) is 0 Å². The van der Waals surface area contributed by atoms with Crippen molar-refractivity contribution in [2.24, 2.45) is 5.41 Å². The lowest BCUT2D eigenvalue weighted by molar-refractivity contribution is -0.141. The Morgan fingerprint density at radius 2 is 1.67 bits per heavy atom. The van der Waals surface area contributed by atoms with Crippen LogP contribution in [0.1, 0.15) is 62.5 Å². The van der Waals surface area contributed by atoms with Crippen molar-refractivity contribution in [1.29, 1.82) is 0 Å². The molecule has 9 heteroatoms. The summed E-state index contributed by atoms with van der Waals surface area (Å²) in [5.74, 6) is -0.764. The molecule has 228 valence electrons. The lowest BCUT2D eigenvalue weighted by Crippen LogP contribution is -2.59. The predicted molar refractivity (Wildman–Crippen MR) is 165 cm³/mol. The molecule has 2 aromatic carbocycles. The van der Waals surface area contributed by atoms with Crippen LogP contribution in [0.5, 0.6) is 0 Å². The maximum atomic E-state index is 14.2. The molecule has 4 atom stereocenters. The van der Waals surface area contributed by atoms with E-state index >= 15 is 0 Å². The second kappa shape index (κ2) is 14.4. The average Bonchev–Trinajstić information content (AvgIpc) is 3.34. The van der Waals surface area contributed by atoms with Gasteiger partial charge in [-0.3, -0.25) is 19.2 Å². The van der Waals surface area contributed by atoms with E-state index in [4.69, 9.17) is 0 Å². The Hall–Kier alpha value is -3.72. The summed E-state index contributed by atoms with van der Waals surface area (Å²) in [5, 5.41) is 8.98. The highest BCUT2D eigenvalue weighted by molar-refractivity contribution is 5.94. The van der Waals surface area contributed by atoms with E-state index < -0.39 is 17.5 Å². The van der Waals surface area contributed by atoms with Crippen LogP contribution in [0.25, 0.3) is 0 Å². The van der Waals surface area contributed by atoms with Crippen LogP contribution in [0.2, 0.25) is 0 Å². The molecule has 0 aromatic heterocycles. The van der Waals surface area contributed by atoms with Gasteiger partial charge in [0.15, 0.2) is 0 Å². The van der Waals surface area contributed by atoms with Crippen molar-refractivity contribution in [2.75, 3.05) is 26.7 Å². The van der Waals surface area contributed by atoms with Crippen molar-refractivity contribution in [2.45, 2.75) is 78.6 Å². The molecule has 0 spiro atoms. The number of rotatable bonds is 11. The van der Waals surface area contributed by atoms with Gasteiger partial charge in [0.25, 0.3) is 5.91 Å². The summed E-state index contributed by atoms with van der Waals surface area (Å²) in [5.41, 5.74) is 2.17. The maximum absolute atomic E-state index is 14.2. The number of amides is 4. The molecule has 1 fully saturated rings. The van der Waals surface area contributed by atoms with E-state index in [0.717, 1.165) is 11.1 Å². The molecule has 4 amide bonds. The van der Waals surface area contributed by atoms with E-state index in [1.807, 2.05) is 70.2 Å². The minimum absolute atomic E-state index is 0.0750. The highest BCUT2D eigenvalue weighted by atomic mass is 16.2. The first-order valence-electron chi connectivity index (χ1n) is 14.7. The molecular formula is C33H47N5O4. The monoisotopic (exact) mass is 577 g/mol. The summed E-state index contributed by atoms with van der Waals surface area (Å²) in [7, 11) is 1.70. The first-order valence-corrected chi connectivity index (χ1v) is 14.7. The SMILES string of the molecule is CN[C@@H](C)C(=O)N[C@H](C(=O)N1C[C@@H](NC(=O)c2ccc(C)cc2)C[C@H]1CN(CCc1ccccc1)C(C)=O)C(C)(C)C. The van der Waals surface area contributed by atoms with Gasteiger partial charge in [-0.15, -0.1) is 0 Å². The number of aryl methyl sites for hydroxylation is 1. The number of nitrogens with zero attached hydrogens (tertiary/aromatic N) is 2. The van der Waals surface area contributed by atoms with Crippen molar-refractivity contribution in [3.05, 3.63) is 71.3 Å². The van der Waals surface area contributed by atoms with E-state index in [9.17, 15) is 19.2 Å². The number of likely N-dealkylation sites (N-methyl/N-ethyl adjacent to an activating group) is 1. The van der Waals surface area contributed by atoms with Gasteiger partial charge in [-0.1, -0.05) is 68.8 Å². The normalized spacial score (nSPS) is 18.2. The first-order chi connectivity index (χ1) is 19.8. The third-order valence-electron chi connectivity index (χ3n) is 7.96. The Balaban J connectivity index is 1.85. The van der Waals surface area contributed by atoms with Crippen molar-refractivity contribution >= 4 is 23.6 Å². The van der Waals surface area contributed by atoms with Gasteiger partial charge in [0.05, 0.1) is 12.1 Å². The fourth-order valence-electron chi connectivity index (χ4n) is 5.19. The second-order valence-corrected chi connectivity index (χ2v) is 12.4. The van der Waals surface area contributed by atoms with Crippen LogP contribution >= 0.6 is 0 Å². The molecule has 1 saturated heterocycles. The van der Waals surface area contributed by atoms with Crippen molar-refractivity contribution in [3.8, 4) is 0 Å². The summed E-state index contributed by atoms with van der Waals surface area (Å²) in [6.45, 7) is 12.1. The Labute approximate surface area is 250 Å². The summed E-state index contributed by atoms with van der Waals surface area (Å²) in [4.78, 5) is 56.4. The molecule has 1 aliphatic rings. The highest BCUT2D eigenvalue weighted by Gasteiger charge is 2.43. The molecule has 0 radical (unpaired) electrons. The van der Waals surface area contributed by atoms with Crippen molar-refractivity contribution in [3.63, 3.8) is 0 Å². The number of benzene rings is 2. The molecule has 0 aliphatic carbocycles. The third-order valence-corrected chi connectivity index (χ3v) is 7.96. The molecule has 9 nitrogen and oxygen atoms in total. The number of carbonyl (C=O) groups excluding carboxylic acids is 4. The lowest BCUT2D eigenvalue weighted by atomic mass is 9.85. The zero-order valence-corrected chi connectivity index (χ0v) is 26.1. The number of hydrogen-bond donors (Lipinski definition) is 3. The average molecular weight is 578 g/mol. The van der Waals surface area contributed by atoms with Crippen LogP contribution in [-0.2, 0) is 20.8 Å². The Morgan fingerprint density at radius 1 is 1.02 bits per heavy atom. The summed E-state index contributed by atoms with van der Waals surface area (Å²) in [6, 6.07) is 15.4. The van der Waals surface area contributed by atoms with Gasteiger partial charge in [-0.05, 0) is 56.8 Å². The number of nitrogens with one attached hydrogen (secondary N) is 3. The smallest absolute Gasteiger partial charge is 0.251 e. The summed E-state index contributed by atoms with van der Waals surface area (Å²) in [6.07, 6.45) is 1.19. The topological polar surface area (TPSA) is 111 Å². The number of carbonyl (C=O) groups is 4.